The number of hydrogen-bond acceptors (Lipinski definition) is 5. The summed E-state index contributed by atoms with van der Waals surface area (Å²) in [6.45, 7) is 4.27. The Morgan fingerprint density at radius 1 is 1.03 bits per heavy atom. The number of methoxy groups -OCH3 is 1. The Hall–Kier alpha value is -3.02. The van der Waals surface area contributed by atoms with Crippen LogP contribution in [0.4, 0.5) is 11.4 Å². The molecule has 0 aromatic heterocycles. The predicted octanol–water partition coefficient (Wildman–Crippen LogP) is 4.03. The first-order valence-electron chi connectivity index (χ1n) is 10.2. The fraction of sp³-hybridized carbons (Fsp3) is 0.391. The SMILES string of the molecule is COc1ccccc1NCC(=O)NN=C(C)c1ccc(N2CCCCCC2)cc1. The van der Waals surface area contributed by atoms with Gasteiger partial charge in [0.2, 0.25) is 0 Å². The van der Waals surface area contributed by atoms with Crippen LogP contribution in [0, 0.1) is 0 Å². The van der Waals surface area contributed by atoms with Crippen molar-refractivity contribution in [2.45, 2.75) is 32.6 Å². The number of ether oxygens (including phenoxy) is 1. The van der Waals surface area contributed by atoms with Crippen LogP contribution in [0.3, 0.4) is 0 Å². The zero-order chi connectivity index (χ0) is 20.5. The normalized spacial score (nSPS) is 14.8. The zero-order valence-corrected chi connectivity index (χ0v) is 17.3. The summed E-state index contributed by atoms with van der Waals surface area (Å²) in [5.74, 6) is 0.487. The molecule has 0 aliphatic carbocycles. The van der Waals surface area contributed by atoms with Crippen LogP contribution in [0.5, 0.6) is 5.75 Å². The maximum absolute atomic E-state index is 12.1. The number of benzene rings is 2. The van der Waals surface area contributed by atoms with E-state index in [2.05, 4.69) is 45.0 Å². The molecule has 1 aliphatic rings. The summed E-state index contributed by atoms with van der Waals surface area (Å²) in [7, 11) is 1.60. The maximum Gasteiger partial charge on any atom is 0.259 e. The molecule has 2 N–H and O–H groups in total. The second-order valence-electron chi connectivity index (χ2n) is 7.23. The Kier molecular flexibility index (Phi) is 7.50. The molecule has 0 bridgehead atoms. The van der Waals surface area contributed by atoms with E-state index in [0.717, 1.165) is 30.1 Å². The second-order valence-corrected chi connectivity index (χ2v) is 7.23. The Balaban J connectivity index is 1.52. The number of hydrazone groups is 1. The average Bonchev–Trinajstić information content (AvgIpc) is 3.06. The van der Waals surface area contributed by atoms with E-state index in [9.17, 15) is 4.79 Å². The van der Waals surface area contributed by atoms with Crippen molar-refractivity contribution in [1.29, 1.82) is 0 Å². The summed E-state index contributed by atoms with van der Waals surface area (Å²) in [5.41, 5.74) is 6.42. The van der Waals surface area contributed by atoms with E-state index in [1.807, 2.05) is 31.2 Å². The van der Waals surface area contributed by atoms with Gasteiger partial charge in [-0.3, -0.25) is 4.79 Å². The van der Waals surface area contributed by atoms with Crippen LogP contribution in [-0.2, 0) is 4.79 Å². The first kappa shape index (κ1) is 20.7. The minimum atomic E-state index is -0.212. The van der Waals surface area contributed by atoms with Crippen LogP contribution in [0.15, 0.2) is 53.6 Å². The molecule has 1 heterocycles. The van der Waals surface area contributed by atoms with E-state index in [0.29, 0.717) is 5.75 Å². The number of hydrogen-bond donors (Lipinski definition) is 2. The van der Waals surface area contributed by atoms with E-state index in [1.54, 1.807) is 7.11 Å². The zero-order valence-electron chi connectivity index (χ0n) is 17.3. The number of para-hydroxylation sites is 2. The Labute approximate surface area is 172 Å². The fourth-order valence-corrected chi connectivity index (χ4v) is 3.46. The average molecular weight is 395 g/mol. The highest BCUT2D eigenvalue weighted by Gasteiger charge is 2.10. The third-order valence-electron chi connectivity index (χ3n) is 5.15. The number of rotatable bonds is 7. The molecule has 0 spiro atoms. The van der Waals surface area contributed by atoms with Gasteiger partial charge in [0.15, 0.2) is 0 Å². The van der Waals surface area contributed by atoms with Gasteiger partial charge in [-0.05, 0) is 49.6 Å². The smallest absolute Gasteiger partial charge is 0.259 e. The first-order chi connectivity index (χ1) is 14.2. The molecule has 1 saturated heterocycles. The molecule has 2 aromatic rings. The standard InChI is InChI=1S/C23H30N4O2/c1-18(19-11-13-20(14-12-19)27-15-7-3-4-8-16-27)25-26-23(28)17-24-21-9-5-6-10-22(21)29-2/h5-6,9-14,24H,3-4,7-8,15-17H2,1-2H3,(H,26,28). The van der Waals surface area contributed by atoms with Crippen LogP contribution in [0.2, 0.25) is 0 Å². The van der Waals surface area contributed by atoms with Crippen LogP contribution >= 0.6 is 0 Å². The van der Waals surface area contributed by atoms with Gasteiger partial charge in [-0.25, -0.2) is 5.43 Å². The molecule has 3 rings (SSSR count). The minimum absolute atomic E-state index is 0.116. The quantitative estimate of drug-likeness (QED) is 0.550. The molecule has 6 nitrogen and oxygen atoms in total. The van der Waals surface area contributed by atoms with Crippen molar-refractivity contribution in [2.24, 2.45) is 5.10 Å². The molecular formula is C23H30N4O2. The number of amides is 1. The molecule has 0 atom stereocenters. The Morgan fingerprint density at radius 3 is 2.41 bits per heavy atom. The summed E-state index contributed by atoms with van der Waals surface area (Å²) in [5, 5.41) is 7.30. The first-order valence-corrected chi connectivity index (χ1v) is 10.2. The van der Waals surface area contributed by atoms with Crippen molar-refractivity contribution >= 4 is 23.0 Å². The summed E-state index contributed by atoms with van der Waals surface area (Å²) < 4.78 is 5.27. The highest BCUT2D eigenvalue weighted by Crippen LogP contribution is 2.22. The van der Waals surface area contributed by atoms with Gasteiger partial charge in [0.05, 0.1) is 25.1 Å². The van der Waals surface area contributed by atoms with Crippen molar-refractivity contribution < 1.29 is 9.53 Å². The van der Waals surface area contributed by atoms with Gasteiger partial charge in [0.25, 0.3) is 5.91 Å². The van der Waals surface area contributed by atoms with Gasteiger partial charge >= 0.3 is 0 Å². The lowest BCUT2D eigenvalue weighted by atomic mass is 10.1. The van der Waals surface area contributed by atoms with Gasteiger partial charge in [-0.1, -0.05) is 37.1 Å². The van der Waals surface area contributed by atoms with Crippen LogP contribution in [0.25, 0.3) is 0 Å². The summed E-state index contributed by atoms with van der Waals surface area (Å²) in [6, 6.07) is 15.9. The number of nitrogens with zero attached hydrogens (tertiary/aromatic N) is 2. The number of anilines is 2. The van der Waals surface area contributed by atoms with Crippen molar-refractivity contribution in [3.63, 3.8) is 0 Å². The molecule has 1 fully saturated rings. The van der Waals surface area contributed by atoms with Gasteiger partial charge in [0.1, 0.15) is 5.75 Å². The van der Waals surface area contributed by atoms with Crippen LogP contribution in [-0.4, -0.2) is 38.4 Å². The molecule has 0 saturated carbocycles. The predicted molar refractivity (Wildman–Crippen MR) is 119 cm³/mol. The number of carbonyl (C=O) groups is 1. The third-order valence-corrected chi connectivity index (χ3v) is 5.15. The van der Waals surface area contributed by atoms with Crippen molar-refractivity contribution in [2.75, 3.05) is 37.0 Å². The summed E-state index contributed by atoms with van der Waals surface area (Å²) >= 11 is 0. The largest absolute Gasteiger partial charge is 0.495 e. The second kappa shape index (κ2) is 10.5. The van der Waals surface area contributed by atoms with Crippen molar-refractivity contribution in [3.8, 4) is 5.75 Å². The van der Waals surface area contributed by atoms with E-state index < -0.39 is 0 Å². The molecule has 154 valence electrons. The summed E-state index contributed by atoms with van der Waals surface area (Å²) in [6.07, 6.45) is 5.17. The molecule has 1 aliphatic heterocycles. The lowest BCUT2D eigenvalue weighted by Crippen LogP contribution is -2.27. The van der Waals surface area contributed by atoms with Gasteiger partial charge in [-0.15, -0.1) is 0 Å². The fourth-order valence-electron chi connectivity index (χ4n) is 3.46. The van der Waals surface area contributed by atoms with Crippen LogP contribution < -0.4 is 20.4 Å². The monoisotopic (exact) mass is 394 g/mol. The molecule has 0 unspecified atom stereocenters. The topological polar surface area (TPSA) is 66.0 Å². The van der Waals surface area contributed by atoms with Crippen molar-refractivity contribution in [1.82, 2.24) is 5.43 Å². The minimum Gasteiger partial charge on any atom is -0.495 e. The molecular weight excluding hydrogens is 364 g/mol. The maximum atomic E-state index is 12.1. The number of carbonyl (C=O) groups excluding carboxylic acids is 1. The van der Waals surface area contributed by atoms with E-state index >= 15 is 0 Å². The van der Waals surface area contributed by atoms with Crippen molar-refractivity contribution in [3.05, 3.63) is 54.1 Å². The Morgan fingerprint density at radius 2 is 1.72 bits per heavy atom. The molecule has 6 heteroatoms. The van der Waals surface area contributed by atoms with Gasteiger partial charge in [0, 0.05) is 18.8 Å². The molecule has 1 amide bonds. The Bertz CT molecular complexity index is 825. The van der Waals surface area contributed by atoms with Crippen LogP contribution in [0.1, 0.15) is 38.2 Å². The highest BCUT2D eigenvalue weighted by atomic mass is 16.5. The lowest BCUT2D eigenvalue weighted by Gasteiger charge is -2.22. The van der Waals surface area contributed by atoms with E-state index in [1.165, 1.54) is 31.4 Å². The lowest BCUT2D eigenvalue weighted by molar-refractivity contribution is -0.119. The van der Waals surface area contributed by atoms with Gasteiger partial charge in [-0.2, -0.15) is 5.10 Å². The number of nitrogens with one attached hydrogen (secondary N) is 2. The highest BCUT2D eigenvalue weighted by molar-refractivity contribution is 5.99. The van der Waals surface area contributed by atoms with Gasteiger partial charge < -0.3 is 15.0 Å². The van der Waals surface area contributed by atoms with E-state index in [4.69, 9.17) is 4.74 Å². The molecule has 2 aromatic carbocycles. The molecule has 0 radical (unpaired) electrons. The summed E-state index contributed by atoms with van der Waals surface area (Å²) in [4.78, 5) is 14.6. The third kappa shape index (κ3) is 5.98. The molecule has 29 heavy (non-hydrogen) atoms. The van der Waals surface area contributed by atoms with E-state index in [-0.39, 0.29) is 12.5 Å².